The van der Waals surface area contributed by atoms with Gasteiger partial charge in [-0.1, -0.05) is 12.1 Å². The zero-order chi connectivity index (χ0) is 13.1. The molecule has 0 bridgehead atoms. The third kappa shape index (κ3) is 2.55. The number of rotatable bonds is 3. The van der Waals surface area contributed by atoms with Crippen molar-refractivity contribution >= 4 is 23.2 Å². The van der Waals surface area contributed by atoms with Gasteiger partial charge >= 0.3 is 0 Å². The molecule has 19 heavy (non-hydrogen) atoms. The number of nitrogens with one attached hydrogen (secondary N) is 2. The lowest BCUT2D eigenvalue weighted by molar-refractivity contribution is 0.475. The van der Waals surface area contributed by atoms with Crippen molar-refractivity contribution in [1.29, 1.82) is 0 Å². The number of imidazole rings is 1. The van der Waals surface area contributed by atoms with Gasteiger partial charge in [-0.25, -0.2) is 10.4 Å². The fourth-order valence-electron chi connectivity index (χ4n) is 1.73. The number of aromatic nitrogens is 2. The van der Waals surface area contributed by atoms with Gasteiger partial charge in [0, 0.05) is 0 Å². The van der Waals surface area contributed by atoms with Crippen LogP contribution in [0, 0.1) is 0 Å². The minimum atomic E-state index is 0.238. The summed E-state index contributed by atoms with van der Waals surface area (Å²) in [6, 6.07) is 14.6. The zero-order valence-corrected chi connectivity index (χ0v) is 10.0. The van der Waals surface area contributed by atoms with Crippen molar-refractivity contribution in [2.24, 2.45) is 5.10 Å². The molecule has 1 aromatic heterocycles. The van der Waals surface area contributed by atoms with Crippen molar-refractivity contribution in [3.63, 3.8) is 0 Å². The zero-order valence-electron chi connectivity index (χ0n) is 10.0. The van der Waals surface area contributed by atoms with Crippen molar-refractivity contribution in [2.45, 2.75) is 0 Å². The Labute approximate surface area is 109 Å². The molecule has 0 spiro atoms. The molecule has 1 heterocycles. The molecular weight excluding hydrogens is 240 g/mol. The molecule has 0 aliphatic heterocycles. The highest BCUT2D eigenvalue weighted by Crippen LogP contribution is 2.13. The van der Waals surface area contributed by atoms with Gasteiger partial charge in [0.2, 0.25) is 5.95 Å². The molecular formula is C14H12N4O. The van der Waals surface area contributed by atoms with E-state index >= 15 is 0 Å². The minimum Gasteiger partial charge on any atom is -0.508 e. The van der Waals surface area contributed by atoms with Crippen LogP contribution in [-0.2, 0) is 0 Å². The lowest BCUT2D eigenvalue weighted by atomic mass is 10.2. The number of aromatic amines is 1. The van der Waals surface area contributed by atoms with E-state index in [0.717, 1.165) is 16.6 Å². The van der Waals surface area contributed by atoms with E-state index in [1.54, 1.807) is 30.5 Å². The van der Waals surface area contributed by atoms with E-state index in [1.165, 1.54) is 0 Å². The summed E-state index contributed by atoms with van der Waals surface area (Å²) in [4.78, 5) is 7.45. The van der Waals surface area contributed by atoms with Crippen LogP contribution < -0.4 is 5.43 Å². The Kier molecular flexibility index (Phi) is 2.86. The molecule has 3 rings (SSSR count). The highest BCUT2D eigenvalue weighted by molar-refractivity contribution is 5.81. The number of fused-ring (bicyclic) bond motifs is 1. The summed E-state index contributed by atoms with van der Waals surface area (Å²) in [6.45, 7) is 0. The monoisotopic (exact) mass is 252 g/mol. The van der Waals surface area contributed by atoms with Crippen molar-refractivity contribution in [3.05, 3.63) is 54.1 Å². The number of phenolic OH excluding ortho intramolecular Hbond substituents is 1. The van der Waals surface area contributed by atoms with E-state index in [9.17, 15) is 0 Å². The standard InChI is InChI=1S/C14H12N4O/c19-11-7-5-10(6-8-11)9-15-18-14-16-12-3-1-2-4-13(12)17-14/h1-9,19H,(H2,16,17,18). The van der Waals surface area contributed by atoms with Crippen LogP contribution in [0.3, 0.4) is 0 Å². The number of phenols is 1. The predicted octanol–water partition coefficient (Wildman–Crippen LogP) is 2.71. The van der Waals surface area contributed by atoms with Crippen molar-refractivity contribution < 1.29 is 5.11 Å². The normalized spacial score (nSPS) is 11.2. The molecule has 0 aliphatic carbocycles. The number of H-pyrrole nitrogens is 1. The second kappa shape index (κ2) is 4.81. The lowest BCUT2D eigenvalue weighted by Gasteiger charge is -1.95. The van der Waals surface area contributed by atoms with Gasteiger partial charge in [0.05, 0.1) is 17.2 Å². The van der Waals surface area contributed by atoms with Crippen LogP contribution in [0.25, 0.3) is 11.0 Å². The third-order valence-electron chi connectivity index (χ3n) is 2.67. The molecule has 3 N–H and O–H groups in total. The number of aromatic hydroxyl groups is 1. The van der Waals surface area contributed by atoms with Gasteiger partial charge in [0.15, 0.2) is 0 Å². The molecule has 5 heteroatoms. The van der Waals surface area contributed by atoms with Gasteiger partial charge in [0.25, 0.3) is 0 Å². The van der Waals surface area contributed by atoms with Crippen molar-refractivity contribution in [1.82, 2.24) is 9.97 Å². The maximum absolute atomic E-state index is 9.17. The summed E-state index contributed by atoms with van der Waals surface area (Å²) in [5.74, 6) is 0.832. The Morgan fingerprint density at radius 1 is 1.11 bits per heavy atom. The summed E-state index contributed by atoms with van der Waals surface area (Å²) in [6.07, 6.45) is 1.66. The largest absolute Gasteiger partial charge is 0.508 e. The molecule has 2 aromatic carbocycles. The fourth-order valence-corrected chi connectivity index (χ4v) is 1.73. The van der Waals surface area contributed by atoms with Gasteiger partial charge in [-0.2, -0.15) is 5.10 Å². The van der Waals surface area contributed by atoms with Crippen LogP contribution >= 0.6 is 0 Å². The quantitative estimate of drug-likeness (QED) is 0.495. The highest BCUT2D eigenvalue weighted by Gasteiger charge is 1.99. The molecule has 94 valence electrons. The van der Waals surface area contributed by atoms with E-state index in [4.69, 9.17) is 5.11 Å². The topological polar surface area (TPSA) is 73.3 Å². The number of nitrogens with zero attached hydrogens (tertiary/aromatic N) is 2. The molecule has 3 aromatic rings. The smallest absolute Gasteiger partial charge is 0.222 e. The molecule has 0 unspecified atom stereocenters. The fraction of sp³-hybridized carbons (Fsp3) is 0. The number of hydrogen-bond acceptors (Lipinski definition) is 4. The predicted molar refractivity (Wildman–Crippen MR) is 75.4 cm³/mol. The Bertz CT molecular complexity index is 683. The first-order valence-electron chi connectivity index (χ1n) is 5.84. The first-order chi connectivity index (χ1) is 9.31. The van der Waals surface area contributed by atoms with Gasteiger partial charge in [0.1, 0.15) is 5.75 Å². The molecule has 0 amide bonds. The Hall–Kier alpha value is -2.82. The van der Waals surface area contributed by atoms with Crippen LogP contribution in [0.1, 0.15) is 5.56 Å². The Morgan fingerprint density at radius 2 is 1.89 bits per heavy atom. The molecule has 0 fully saturated rings. The van der Waals surface area contributed by atoms with Gasteiger partial charge < -0.3 is 10.1 Å². The average molecular weight is 252 g/mol. The van der Waals surface area contributed by atoms with Crippen LogP contribution in [0.15, 0.2) is 53.6 Å². The maximum Gasteiger partial charge on any atom is 0.222 e. The molecule has 5 nitrogen and oxygen atoms in total. The molecule has 0 atom stereocenters. The van der Waals surface area contributed by atoms with Crippen LogP contribution in [-0.4, -0.2) is 21.3 Å². The molecule has 0 radical (unpaired) electrons. The van der Waals surface area contributed by atoms with Crippen LogP contribution in [0.4, 0.5) is 5.95 Å². The Balaban J connectivity index is 1.73. The first kappa shape index (κ1) is 11.3. The lowest BCUT2D eigenvalue weighted by Crippen LogP contribution is -1.91. The third-order valence-corrected chi connectivity index (χ3v) is 2.67. The molecule has 0 saturated heterocycles. The SMILES string of the molecule is Oc1ccc(C=NNc2nc3ccccc3[nH]2)cc1. The summed E-state index contributed by atoms with van der Waals surface area (Å²) < 4.78 is 0. The van der Waals surface area contributed by atoms with Gasteiger partial charge in [-0.15, -0.1) is 0 Å². The van der Waals surface area contributed by atoms with Crippen LogP contribution in [0.5, 0.6) is 5.75 Å². The van der Waals surface area contributed by atoms with E-state index in [-0.39, 0.29) is 5.75 Å². The minimum absolute atomic E-state index is 0.238. The van der Waals surface area contributed by atoms with Crippen LogP contribution in [0.2, 0.25) is 0 Å². The van der Waals surface area contributed by atoms with Crippen molar-refractivity contribution in [3.8, 4) is 5.75 Å². The highest BCUT2D eigenvalue weighted by atomic mass is 16.3. The van der Waals surface area contributed by atoms with E-state index in [1.807, 2.05) is 24.3 Å². The number of para-hydroxylation sites is 2. The molecule has 0 aliphatic rings. The summed E-state index contributed by atoms with van der Waals surface area (Å²) >= 11 is 0. The van der Waals surface area contributed by atoms with Gasteiger partial charge in [-0.3, -0.25) is 0 Å². The second-order valence-corrected chi connectivity index (χ2v) is 4.06. The second-order valence-electron chi connectivity index (χ2n) is 4.06. The average Bonchev–Trinajstić information content (AvgIpc) is 2.83. The summed E-state index contributed by atoms with van der Waals surface area (Å²) in [5.41, 5.74) is 5.58. The van der Waals surface area contributed by atoms with E-state index in [0.29, 0.717) is 5.95 Å². The Morgan fingerprint density at radius 3 is 2.68 bits per heavy atom. The summed E-state index contributed by atoms with van der Waals surface area (Å²) in [7, 11) is 0. The van der Waals surface area contributed by atoms with E-state index < -0.39 is 0 Å². The first-order valence-corrected chi connectivity index (χ1v) is 5.84. The number of benzene rings is 2. The summed E-state index contributed by atoms with van der Waals surface area (Å²) in [5, 5.41) is 13.3. The van der Waals surface area contributed by atoms with Crippen molar-refractivity contribution in [2.75, 3.05) is 5.43 Å². The maximum atomic E-state index is 9.17. The van der Waals surface area contributed by atoms with E-state index in [2.05, 4.69) is 20.5 Å². The molecule has 0 saturated carbocycles. The van der Waals surface area contributed by atoms with Gasteiger partial charge in [-0.05, 0) is 42.0 Å². The number of hydrazone groups is 1. The number of anilines is 1. The number of hydrogen-bond donors (Lipinski definition) is 3.